The van der Waals surface area contributed by atoms with Crippen LogP contribution in [0.5, 0.6) is 0 Å². The lowest BCUT2D eigenvalue weighted by atomic mass is 10.1. The SMILES string of the molecule is CCOC(=O)c1cc[n+](C)c2ccccc12.[Br-]. The summed E-state index contributed by atoms with van der Waals surface area (Å²) in [6.07, 6.45) is 1.87. The maximum absolute atomic E-state index is 11.7. The van der Waals surface area contributed by atoms with Crippen LogP contribution in [0.3, 0.4) is 0 Å². The fraction of sp³-hybridized carbons (Fsp3) is 0.231. The van der Waals surface area contributed by atoms with Crippen LogP contribution in [0.25, 0.3) is 10.9 Å². The highest BCUT2D eigenvalue weighted by molar-refractivity contribution is 6.02. The van der Waals surface area contributed by atoms with Crippen LogP contribution in [0, 0.1) is 0 Å². The first kappa shape index (κ1) is 13.6. The van der Waals surface area contributed by atoms with Crippen molar-refractivity contribution in [3.63, 3.8) is 0 Å². The predicted octanol–water partition coefficient (Wildman–Crippen LogP) is -1.15. The van der Waals surface area contributed by atoms with Gasteiger partial charge in [0.1, 0.15) is 7.05 Å². The van der Waals surface area contributed by atoms with Gasteiger partial charge in [0.2, 0.25) is 5.52 Å². The van der Waals surface area contributed by atoms with E-state index in [1.165, 1.54) is 0 Å². The number of aryl methyl sites for hydroxylation is 1. The molecule has 0 N–H and O–H groups in total. The number of carbonyl (C=O) groups excluding carboxylic acids is 1. The second-order valence-electron chi connectivity index (χ2n) is 3.58. The van der Waals surface area contributed by atoms with E-state index in [-0.39, 0.29) is 23.0 Å². The molecule has 1 aromatic heterocycles. The second kappa shape index (κ2) is 5.77. The zero-order valence-electron chi connectivity index (χ0n) is 9.81. The zero-order valence-corrected chi connectivity index (χ0v) is 11.4. The predicted molar refractivity (Wildman–Crippen MR) is 61.1 cm³/mol. The minimum absolute atomic E-state index is 0. The number of carbonyl (C=O) groups is 1. The average molecular weight is 296 g/mol. The summed E-state index contributed by atoms with van der Waals surface area (Å²) in [6, 6.07) is 9.59. The molecule has 0 saturated heterocycles. The number of fused-ring (bicyclic) bond motifs is 1. The van der Waals surface area contributed by atoms with E-state index in [0.29, 0.717) is 12.2 Å². The van der Waals surface area contributed by atoms with Crippen LogP contribution >= 0.6 is 0 Å². The van der Waals surface area contributed by atoms with Gasteiger partial charge in [0.25, 0.3) is 0 Å². The van der Waals surface area contributed by atoms with E-state index in [4.69, 9.17) is 4.74 Å². The van der Waals surface area contributed by atoms with Crippen molar-refractivity contribution >= 4 is 16.9 Å². The van der Waals surface area contributed by atoms with Crippen LogP contribution < -0.4 is 21.5 Å². The molecule has 0 radical (unpaired) electrons. The maximum atomic E-state index is 11.7. The van der Waals surface area contributed by atoms with Crippen LogP contribution in [0.2, 0.25) is 0 Å². The molecule has 0 saturated carbocycles. The third kappa shape index (κ3) is 2.64. The minimum Gasteiger partial charge on any atom is -1.00 e. The van der Waals surface area contributed by atoms with Gasteiger partial charge in [-0.25, -0.2) is 9.36 Å². The van der Waals surface area contributed by atoms with E-state index in [9.17, 15) is 4.79 Å². The first-order chi connectivity index (χ1) is 7.74. The number of esters is 1. The standard InChI is InChI=1S/C13H14NO2.BrH/c1-3-16-13(15)11-8-9-14(2)12-7-5-4-6-10(11)12;/h4-9H,3H2,1-2H3;1H/q+1;/p-1. The summed E-state index contributed by atoms with van der Waals surface area (Å²) in [5.74, 6) is -0.265. The normalized spacial score (nSPS) is 9.76. The number of aromatic nitrogens is 1. The monoisotopic (exact) mass is 295 g/mol. The van der Waals surface area contributed by atoms with Gasteiger partial charge in [0.15, 0.2) is 6.20 Å². The van der Waals surface area contributed by atoms with E-state index in [2.05, 4.69) is 0 Å². The molecule has 2 aromatic rings. The summed E-state index contributed by atoms with van der Waals surface area (Å²) in [7, 11) is 1.96. The number of hydrogen-bond donors (Lipinski definition) is 0. The Labute approximate surface area is 111 Å². The van der Waals surface area contributed by atoms with Gasteiger partial charge in [-0.05, 0) is 13.0 Å². The number of nitrogens with zero attached hydrogens (tertiary/aromatic N) is 1. The van der Waals surface area contributed by atoms with Crippen molar-refractivity contribution in [2.24, 2.45) is 7.05 Å². The molecular formula is C13H14BrNO2. The third-order valence-electron chi connectivity index (χ3n) is 2.53. The Bertz CT molecular complexity index is 540. The summed E-state index contributed by atoms with van der Waals surface area (Å²) in [5, 5.41) is 0.922. The lowest BCUT2D eigenvalue weighted by Gasteiger charge is -2.04. The highest BCUT2D eigenvalue weighted by Crippen LogP contribution is 2.15. The van der Waals surface area contributed by atoms with Crippen molar-refractivity contribution in [3.05, 3.63) is 42.1 Å². The summed E-state index contributed by atoms with van der Waals surface area (Å²) < 4.78 is 7.01. The van der Waals surface area contributed by atoms with E-state index in [1.54, 1.807) is 6.07 Å². The van der Waals surface area contributed by atoms with Gasteiger partial charge < -0.3 is 21.7 Å². The molecule has 0 atom stereocenters. The number of para-hydroxylation sites is 1. The number of ether oxygens (including phenoxy) is 1. The molecule has 0 bridgehead atoms. The Kier molecular flexibility index (Phi) is 4.63. The fourth-order valence-corrected chi connectivity index (χ4v) is 1.75. The molecule has 0 aliphatic carbocycles. The van der Waals surface area contributed by atoms with Gasteiger partial charge in [-0.15, -0.1) is 0 Å². The average Bonchev–Trinajstić information content (AvgIpc) is 2.30. The minimum atomic E-state index is -0.265. The molecule has 0 amide bonds. The Hall–Kier alpha value is -1.42. The number of pyridine rings is 1. The summed E-state index contributed by atoms with van der Waals surface area (Å²) in [6.45, 7) is 2.21. The quantitative estimate of drug-likeness (QED) is 0.517. The van der Waals surface area contributed by atoms with Crippen molar-refractivity contribution in [3.8, 4) is 0 Å². The molecule has 1 heterocycles. The largest absolute Gasteiger partial charge is 1.00 e. The van der Waals surface area contributed by atoms with Crippen LogP contribution in [0.1, 0.15) is 17.3 Å². The summed E-state index contributed by atoms with van der Waals surface area (Å²) >= 11 is 0. The Balaban J connectivity index is 0.00000144. The first-order valence-corrected chi connectivity index (χ1v) is 5.28. The smallest absolute Gasteiger partial charge is 0.339 e. The van der Waals surface area contributed by atoms with Crippen LogP contribution in [-0.4, -0.2) is 12.6 Å². The van der Waals surface area contributed by atoms with Gasteiger partial charge in [-0.2, -0.15) is 0 Å². The highest BCUT2D eigenvalue weighted by Gasteiger charge is 2.15. The molecule has 1 aromatic carbocycles. The molecule has 0 unspecified atom stereocenters. The van der Waals surface area contributed by atoms with Crippen molar-refractivity contribution < 1.29 is 31.1 Å². The van der Waals surface area contributed by atoms with Gasteiger partial charge in [-0.1, -0.05) is 12.1 Å². The second-order valence-corrected chi connectivity index (χ2v) is 3.58. The molecule has 0 spiro atoms. The van der Waals surface area contributed by atoms with Crippen LogP contribution in [0.15, 0.2) is 36.5 Å². The Morgan fingerprint density at radius 1 is 1.29 bits per heavy atom. The molecule has 4 heteroatoms. The number of rotatable bonds is 2. The van der Waals surface area contributed by atoms with Gasteiger partial charge in [0.05, 0.1) is 17.6 Å². The van der Waals surface area contributed by atoms with Gasteiger partial charge in [0, 0.05) is 12.1 Å². The van der Waals surface area contributed by atoms with E-state index >= 15 is 0 Å². The van der Waals surface area contributed by atoms with Crippen molar-refractivity contribution in [1.82, 2.24) is 0 Å². The van der Waals surface area contributed by atoms with Crippen molar-refractivity contribution in [2.45, 2.75) is 6.92 Å². The highest BCUT2D eigenvalue weighted by atomic mass is 79.9. The van der Waals surface area contributed by atoms with E-state index < -0.39 is 0 Å². The lowest BCUT2D eigenvalue weighted by molar-refractivity contribution is -0.644. The van der Waals surface area contributed by atoms with E-state index in [0.717, 1.165) is 10.9 Å². The number of halogens is 1. The Morgan fingerprint density at radius 2 is 2.00 bits per heavy atom. The number of benzene rings is 1. The molecule has 90 valence electrons. The lowest BCUT2D eigenvalue weighted by Crippen LogP contribution is -3.00. The van der Waals surface area contributed by atoms with Crippen LogP contribution in [0.4, 0.5) is 0 Å². The molecule has 17 heavy (non-hydrogen) atoms. The molecule has 0 fully saturated rings. The maximum Gasteiger partial charge on any atom is 0.339 e. The van der Waals surface area contributed by atoms with Gasteiger partial charge in [-0.3, -0.25) is 0 Å². The number of hydrogen-bond acceptors (Lipinski definition) is 2. The fourth-order valence-electron chi connectivity index (χ4n) is 1.75. The first-order valence-electron chi connectivity index (χ1n) is 5.28. The van der Waals surface area contributed by atoms with Gasteiger partial charge >= 0.3 is 5.97 Å². The summed E-state index contributed by atoms with van der Waals surface area (Å²) in [4.78, 5) is 11.7. The van der Waals surface area contributed by atoms with Crippen molar-refractivity contribution in [1.29, 1.82) is 0 Å². The third-order valence-corrected chi connectivity index (χ3v) is 2.53. The molecular weight excluding hydrogens is 282 g/mol. The molecule has 0 aliphatic heterocycles. The molecule has 3 nitrogen and oxygen atoms in total. The van der Waals surface area contributed by atoms with Crippen LogP contribution in [-0.2, 0) is 11.8 Å². The summed E-state index contributed by atoms with van der Waals surface area (Å²) in [5.41, 5.74) is 1.64. The zero-order chi connectivity index (χ0) is 11.5. The molecule has 2 rings (SSSR count). The molecule has 0 aliphatic rings. The Morgan fingerprint density at radius 3 is 2.71 bits per heavy atom. The van der Waals surface area contributed by atoms with E-state index in [1.807, 2.05) is 49.0 Å². The van der Waals surface area contributed by atoms with Crippen molar-refractivity contribution in [2.75, 3.05) is 6.61 Å². The topological polar surface area (TPSA) is 30.2 Å².